The quantitative estimate of drug-likeness (QED) is 0.152. The molecule has 284 valence electrons. The molecule has 1 aromatic heterocycles. The number of benzene rings is 7. The number of nitrogens with zero attached hydrogens (tertiary/aromatic N) is 3. The number of hydrogen-bond donors (Lipinski definition) is 0. The number of thioether (sulfide) groups is 1. The zero-order valence-corrected chi connectivity index (χ0v) is 33.7. The molecule has 3 atom stereocenters. The third-order valence-corrected chi connectivity index (χ3v) is 13.7. The molecule has 0 bridgehead atoms. The molecule has 1 aliphatic heterocycles. The number of rotatable bonds is 8. The molecular formula is C55H43N3S. The Bertz CT molecular complexity index is 2850. The van der Waals surface area contributed by atoms with Gasteiger partial charge in [0.2, 0.25) is 0 Å². The van der Waals surface area contributed by atoms with Crippen molar-refractivity contribution in [3.05, 3.63) is 235 Å². The summed E-state index contributed by atoms with van der Waals surface area (Å²) < 4.78 is 2.52. The van der Waals surface area contributed by atoms with Gasteiger partial charge in [-0.3, -0.25) is 0 Å². The van der Waals surface area contributed by atoms with Crippen LogP contribution in [0.1, 0.15) is 35.2 Å². The number of fused-ring (bicyclic) bond motifs is 6. The van der Waals surface area contributed by atoms with E-state index in [0.29, 0.717) is 11.2 Å². The third kappa shape index (κ3) is 6.14. The Morgan fingerprint density at radius 3 is 1.88 bits per heavy atom. The highest BCUT2D eigenvalue weighted by atomic mass is 32.2. The summed E-state index contributed by atoms with van der Waals surface area (Å²) in [6.07, 6.45) is 12.6. The molecule has 59 heavy (non-hydrogen) atoms. The highest BCUT2D eigenvalue weighted by molar-refractivity contribution is 8.01. The van der Waals surface area contributed by atoms with Gasteiger partial charge in [-0.05, 0) is 109 Å². The van der Waals surface area contributed by atoms with E-state index in [1.807, 2.05) is 11.8 Å². The fourth-order valence-electron chi connectivity index (χ4n) is 9.58. The van der Waals surface area contributed by atoms with Crippen LogP contribution in [-0.2, 0) is 6.42 Å². The zero-order valence-electron chi connectivity index (χ0n) is 32.9. The van der Waals surface area contributed by atoms with E-state index < -0.39 is 0 Å². The predicted octanol–water partition coefficient (Wildman–Crippen LogP) is 14.5. The molecule has 0 radical (unpaired) electrons. The lowest BCUT2D eigenvalue weighted by Crippen LogP contribution is -2.45. The molecule has 4 heteroatoms. The molecule has 7 aromatic carbocycles. The first kappa shape index (κ1) is 35.4. The second-order valence-electron chi connectivity index (χ2n) is 15.9. The monoisotopic (exact) mass is 777 g/mol. The number of hydrogen-bond acceptors (Lipinski definition) is 3. The first-order valence-corrected chi connectivity index (χ1v) is 21.4. The Morgan fingerprint density at radius 2 is 1.17 bits per heavy atom. The normalized spacial score (nSPS) is 18.8. The molecule has 3 aliphatic rings. The Labute approximate surface area is 350 Å². The van der Waals surface area contributed by atoms with E-state index in [9.17, 15) is 0 Å². The Hall–Kier alpha value is -6.75. The van der Waals surface area contributed by atoms with Crippen molar-refractivity contribution in [2.45, 2.75) is 34.9 Å². The van der Waals surface area contributed by atoms with Crippen LogP contribution in [0.3, 0.4) is 0 Å². The Kier molecular flexibility index (Phi) is 8.74. The van der Waals surface area contributed by atoms with Crippen LogP contribution in [0.25, 0.3) is 28.2 Å². The van der Waals surface area contributed by atoms with Gasteiger partial charge in [0.05, 0.1) is 11.1 Å². The summed E-state index contributed by atoms with van der Waals surface area (Å²) >= 11 is 2.00. The van der Waals surface area contributed by atoms with Crippen LogP contribution in [0.4, 0.5) is 28.4 Å². The van der Waals surface area contributed by atoms with Gasteiger partial charge in [-0.1, -0.05) is 134 Å². The van der Waals surface area contributed by atoms with Gasteiger partial charge in [0.1, 0.15) is 0 Å². The van der Waals surface area contributed by atoms with E-state index in [2.05, 4.69) is 240 Å². The predicted molar refractivity (Wildman–Crippen MR) is 250 cm³/mol. The SMILES string of the molecule is CC1(N(c2ccccc2)c2ccc(N(c3ccccc3)c3ccccc3)cc2)C=Cc2c(n(-c3ccc(C4C=CC=C5c6ccccc6SC54)cc3)c3ccccc23)C1. The molecule has 2 heterocycles. The van der Waals surface area contributed by atoms with E-state index in [0.717, 1.165) is 34.9 Å². The summed E-state index contributed by atoms with van der Waals surface area (Å²) in [5, 5.41) is 1.68. The van der Waals surface area contributed by atoms with Crippen LogP contribution in [0.5, 0.6) is 0 Å². The number of aromatic nitrogens is 1. The molecule has 0 N–H and O–H groups in total. The summed E-state index contributed by atoms with van der Waals surface area (Å²) in [4.78, 5) is 6.23. The van der Waals surface area contributed by atoms with E-state index in [1.54, 1.807) is 0 Å². The molecule has 0 saturated heterocycles. The van der Waals surface area contributed by atoms with E-state index in [1.165, 1.54) is 49.4 Å². The smallest absolute Gasteiger partial charge is 0.0663 e. The fraction of sp³-hybridized carbons (Fsp3) is 0.0909. The van der Waals surface area contributed by atoms with E-state index in [4.69, 9.17) is 0 Å². The van der Waals surface area contributed by atoms with Crippen molar-refractivity contribution in [1.82, 2.24) is 4.57 Å². The molecular weight excluding hydrogens is 735 g/mol. The highest BCUT2D eigenvalue weighted by Gasteiger charge is 2.38. The molecule has 3 nitrogen and oxygen atoms in total. The molecule has 8 aromatic rings. The highest BCUT2D eigenvalue weighted by Crippen LogP contribution is 2.52. The van der Waals surface area contributed by atoms with Crippen molar-refractivity contribution in [2.75, 3.05) is 9.80 Å². The second kappa shape index (κ2) is 14.6. The lowest BCUT2D eigenvalue weighted by Gasteiger charge is -2.43. The molecule has 2 aliphatic carbocycles. The van der Waals surface area contributed by atoms with E-state index >= 15 is 0 Å². The van der Waals surface area contributed by atoms with Gasteiger partial charge in [-0.25, -0.2) is 0 Å². The average Bonchev–Trinajstić information content (AvgIpc) is 3.84. The van der Waals surface area contributed by atoms with Gasteiger partial charge in [-0.15, -0.1) is 11.8 Å². The maximum Gasteiger partial charge on any atom is 0.0663 e. The maximum absolute atomic E-state index is 2.52. The Morgan fingerprint density at radius 1 is 0.593 bits per heavy atom. The summed E-state index contributed by atoms with van der Waals surface area (Å²) in [6.45, 7) is 2.39. The number of anilines is 5. The Balaban J connectivity index is 0.963. The van der Waals surface area contributed by atoms with Gasteiger partial charge < -0.3 is 14.4 Å². The van der Waals surface area contributed by atoms with Crippen LogP contribution in [-0.4, -0.2) is 15.4 Å². The van der Waals surface area contributed by atoms with Gasteiger partial charge >= 0.3 is 0 Å². The summed E-state index contributed by atoms with van der Waals surface area (Å²) in [5.74, 6) is 0.321. The average molecular weight is 778 g/mol. The number of allylic oxidation sites excluding steroid dienone is 3. The lowest BCUT2D eigenvalue weighted by molar-refractivity contribution is 0.548. The standard InChI is InChI=1S/C55H43N3S/c1-55(58(44-20-9-4-10-21-44)45-34-32-42(33-35-45)56(40-16-5-2-6-17-40)41-18-7-3-8-19-41)37-36-48-47-22-11-13-26-51(47)57(52(48)38-55)43-30-28-39(29-31-43)46-24-15-25-50-49-23-12-14-27-53(49)59-54(46)50/h2-37,46,54H,38H2,1H3. The van der Waals surface area contributed by atoms with Crippen molar-refractivity contribution >= 4 is 62.8 Å². The molecule has 3 unspecified atom stereocenters. The van der Waals surface area contributed by atoms with Gasteiger partial charge in [-0.2, -0.15) is 0 Å². The van der Waals surface area contributed by atoms with Crippen LogP contribution in [0.2, 0.25) is 0 Å². The number of para-hydroxylation sites is 4. The van der Waals surface area contributed by atoms with Crippen LogP contribution in [0, 0.1) is 0 Å². The van der Waals surface area contributed by atoms with Crippen molar-refractivity contribution in [1.29, 1.82) is 0 Å². The minimum absolute atomic E-state index is 0.321. The zero-order chi connectivity index (χ0) is 39.3. The molecule has 11 rings (SSSR count). The van der Waals surface area contributed by atoms with E-state index in [-0.39, 0.29) is 5.54 Å². The topological polar surface area (TPSA) is 11.4 Å². The van der Waals surface area contributed by atoms with Crippen LogP contribution >= 0.6 is 11.8 Å². The van der Waals surface area contributed by atoms with Crippen molar-refractivity contribution in [3.63, 3.8) is 0 Å². The summed E-state index contributed by atoms with van der Waals surface area (Å²) in [6, 6.07) is 68.3. The lowest BCUT2D eigenvalue weighted by atomic mass is 9.84. The summed E-state index contributed by atoms with van der Waals surface area (Å²) in [5.41, 5.74) is 14.5. The molecule has 0 fully saturated rings. The molecule has 0 saturated carbocycles. The van der Waals surface area contributed by atoms with Crippen molar-refractivity contribution in [3.8, 4) is 5.69 Å². The van der Waals surface area contributed by atoms with Crippen LogP contribution < -0.4 is 9.80 Å². The minimum Gasteiger partial charge on any atom is -0.332 e. The van der Waals surface area contributed by atoms with Gasteiger partial charge in [0, 0.05) is 73.3 Å². The van der Waals surface area contributed by atoms with Crippen LogP contribution in [0.15, 0.2) is 217 Å². The maximum atomic E-state index is 2.52. The molecule has 0 amide bonds. The third-order valence-electron chi connectivity index (χ3n) is 12.3. The molecule has 0 spiro atoms. The van der Waals surface area contributed by atoms with Crippen molar-refractivity contribution in [2.24, 2.45) is 0 Å². The second-order valence-corrected chi connectivity index (χ2v) is 17.1. The van der Waals surface area contributed by atoms with Gasteiger partial charge in [0.15, 0.2) is 0 Å². The fourth-order valence-corrected chi connectivity index (χ4v) is 11.1. The minimum atomic E-state index is -0.370. The first-order chi connectivity index (χ1) is 29.1. The van der Waals surface area contributed by atoms with Gasteiger partial charge in [0.25, 0.3) is 0 Å². The largest absolute Gasteiger partial charge is 0.332 e. The summed E-state index contributed by atoms with van der Waals surface area (Å²) in [7, 11) is 0. The first-order valence-electron chi connectivity index (χ1n) is 20.5. The van der Waals surface area contributed by atoms with Crippen molar-refractivity contribution < 1.29 is 0 Å².